The van der Waals surface area contributed by atoms with E-state index in [1.807, 2.05) is 0 Å². The summed E-state index contributed by atoms with van der Waals surface area (Å²) in [6.45, 7) is 0. The van der Waals surface area contributed by atoms with Crippen LogP contribution in [-0.2, 0) is 0 Å². The average molecular weight is 470 g/mol. The molecule has 1 heterocycles. The van der Waals surface area contributed by atoms with Gasteiger partial charge in [-0.1, -0.05) is 109 Å². The van der Waals surface area contributed by atoms with E-state index in [9.17, 15) is 0 Å². The zero-order valence-corrected chi connectivity index (χ0v) is 20.2. The average Bonchev–Trinajstić information content (AvgIpc) is 3.31. The molecular weight excluding hydrogens is 446 g/mol. The van der Waals surface area contributed by atoms with Crippen LogP contribution in [0.1, 0.15) is 0 Å². The van der Waals surface area contributed by atoms with Crippen LogP contribution < -0.4 is 0 Å². The van der Waals surface area contributed by atoms with Crippen molar-refractivity contribution in [3.63, 3.8) is 0 Å². The van der Waals surface area contributed by atoms with Crippen LogP contribution >= 0.6 is 0 Å². The summed E-state index contributed by atoms with van der Waals surface area (Å²) < 4.78 is 2.43. The van der Waals surface area contributed by atoms with Gasteiger partial charge in [-0.05, 0) is 68.4 Å². The number of para-hydroxylation sites is 1. The van der Waals surface area contributed by atoms with Crippen LogP contribution in [0, 0.1) is 0 Å². The van der Waals surface area contributed by atoms with Gasteiger partial charge in [-0.15, -0.1) is 0 Å². The van der Waals surface area contributed by atoms with E-state index in [0.717, 1.165) is 0 Å². The van der Waals surface area contributed by atoms with Gasteiger partial charge >= 0.3 is 0 Å². The Balaban J connectivity index is 1.41. The van der Waals surface area contributed by atoms with E-state index >= 15 is 0 Å². The molecule has 8 aromatic rings. The Morgan fingerprint density at radius 1 is 0.351 bits per heavy atom. The summed E-state index contributed by atoms with van der Waals surface area (Å²) in [5.74, 6) is 0. The molecule has 172 valence electrons. The maximum atomic E-state index is 2.43. The smallest absolute Gasteiger partial charge is 0.0547 e. The fourth-order valence-electron chi connectivity index (χ4n) is 6.01. The lowest BCUT2D eigenvalue weighted by atomic mass is 9.97. The fraction of sp³-hybridized carbons (Fsp3) is 0. The van der Waals surface area contributed by atoms with Crippen LogP contribution in [0.15, 0.2) is 140 Å². The lowest BCUT2D eigenvalue weighted by molar-refractivity contribution is 1.20. The number of hydrogen-bond acceptors (Lipinski definition) is 0. The number of fused-ring (bicyclic) bond motifs is 7. The Labute approximate surface area is 214 Å². The van der Waals surface area contributed by atoms with Gasteiger partial charge in [0.1, 0.15) is 0 Å². The maximum absolute atomic E-state index is 2.43. The van der Waals surface area contributed by atoms with Crippen molar-refractivity contribution in [1.82, 2.24) is 4.57 Å². The molecule has 0 aliphatic rings. The van der Waals surface area contributed by atoms with E-state index in [0.29, 0.717) is 0 Å². The van der Waals surface area contributed by atoms with Crippen molar-refractivity contribution in [2.24, 2.45) is 0 Å². The summed E-state index contributed by atoms with van der Waals surface area (Å²) in [5.41, 5.74) is 6.19. The lowest BCUT2D eigenvalue weighted by Gasteiger charge is -2.12. The third-order valence-electron chi connectivity index (χ3n) is 7.74. The molecule has 0 aliphatic heterocycles. The number of benzene rings is 7. The van der Waals surface area contributed by atoms with Crippen LogP contribution in [0.3, 0.4) is 0 Å². The normalized spacial score (nSPS) is 11.8. The van der Waals surface area contributed by atoms with E-state index in [2.05, 4.69) is 144 Å². The van der Waals surface area contributed by atoms with Crippen molar-refractivity contribution in [3.8, 4) is 16.8 Å². The number of rotatable bonds is 2. The van der Waals surface area contributed by atoms with E-state index < -0.39 is 0 Å². The molecule has 0 saturated carbocycles. The molecule has 0 unspecified atom stereocenters. The van der Waals surface area contributed by atoms with Crippen molar-refractivity contribution in [2.75, 3.05) is 0 Å². The van der Waals surface area contributed by atoms with Crippen molar-refractivity contribution in [2.45, 2.75) is 0 Å². The number of nitrogens with zero attached hydrogens (tertiary/aromatic N) is 1. The molecule has 8 rings (SSSR count). The first-order valence-electron chi connectivity index (χ1n) is 12.8. The molecule has 1 aromatic heterocycles. The highest BCUT2D eigenvalue weighted by atomic mass is 15.0. The van der Waals surface area contributed by atoms with Gasteiger partial charge in [0.25, 0.3) is 0 Å². The third kappa shape index (κ3) is 3.04. The molecule has 7 aromatic carbocycles. The highest BCUT2D eigenvalue weighted by molar-refractivity contribution is 6.22. The zero-order chi connectivity index (χ0) is 24.3. The van der Waals surface area contributed by atoms with E-state index in [-0.39, 0.29) is 0 Å². The van der Waals surface area contributed by atoms with E-state index in [1.54, 1.807) is 0 Å². The first-order chi connectivity index (χ1) is 18.3. The molecule has 0 saturated heterocycles. The van der Waals surface area contributed by atoms with Crippen molar-refractivity contribution in [3.05, 3.63) is 140 Å². The van der Waals surface area contributed by atoms with Gasteiger partial charge in [0.2, 0.25) is 0 Å². The summed E-state index contributed by atoms with van der Waals surface area (Å²) in [6, 6.07) is 50.8. The highest BCUT2D eigenvalue weighted by Gasteiger charge is 2.16. The Bertz CT molecular complexity index is 2140. The molecule has 0 atom stereocenters. The minimum Gasteiger partial charge on any atom is -0.309 e. The molecule has 0 N–H and O–H groups in total. The predicted molar refractivity (Wildman–Crippen MR) is 159 cm³/mol. The number of hydrogen-bond donors (Lipinski definition) is 0. The molecule has 0 amide bonds. The van der Waals surface area contributed by atoms with Crippen molar-refractivity contribution < 1.29 is 0 Å². The third-order valence-corrected chi connectivity index (χ3v) is 7.74. The van der Waals surface area contributed by atoms with Gasteiger partial charge in [0.15, 0.2) is 0 Å². The topological polar surface area (TPSA) is 4.93 Å². The first-order valence-corrected chi connectivity index (χ1v) is 12.8. The zero-order valence-electron chi connectivity index (χ0n) is 20.2. The maximum Gasteiger partial charge on any atom is 0.0547 e. The summed E-state index contributed by atoms with van der Waals surface area (Å²) in [5, 5.41) is 10.2. The molecule has 37 heavy (non-hydrogen) atoms. The second-order valence-electron chi connectivity index (χ2n) is 9.81. The van der Waals surface area contributed by atoms with Crippen molar-refractivity contribution >= 4 is 54.1 Å². The van der Waals surface area contributed by atoms with Crippen LogP contribution in [-0.4, -0.2) is 4.57 Å². The summed E-state index contributed by atoms with van der Waals surface area (Å²) in [7, 11) is 0. The molecule has 1 nitrogen and oxygen atoms in total. The molecule has 1 heteroatoms. The second-order valence-corrected chi connectivity index (χ2v) is 9.81. The number of aromatic nitrogens is 1. The Morgan fingerprint density at radius 3 is 1.89 bits per heavy atom. The molecule has 0 aliphatic carbocycles. The summed E-state index contributed by atoms with van der Waals surface area (Å²) in [4.78, 5) is 0. The first kappa shape index (κ1) is 20.3. The Kier molecular flexibility index (Phi) is 4.29. The van der Waals surface area contributed by atoms with E-state index in [4.69, 9.17) is 0 Å². The summed E-state index contributed by atoms with van der Waals surface area (Å²) >= 11 is 0. The van der Waals surface area contributed by atoms with Gasteiger partial charge in [-0.25, -0.2) is 0 Å². The second kappa shape index (κ2) is 7.81. The van der Waals surface area contributed by atoms with Crippen LogP contribution in [0.2, 0.25) is 0 Å². The van der Waals surface area contributed by atoms with Crippen molar-refractivity contribution in [1.29, 1.82) is 0 Å². The summed E-state index contributed by atoms with van der Waals surface area (Å²) in [6.07, 6.45) is 0. The highest BCUT2D eigenvalue weighted by Crippen LogP contribution is 2.39. The Morgan fingerprint density at radius 2 is 1.00 bits per heavy atom. The van der Waals surface area contributed by atoms with Gasteiger partial charge in [0, 0.05) is 16.2 Å². The SMILES string of the molecule is c1ccc2cc(-c3ccc4c(ccc5c4c4ccccc4n5-c4cccc5ccccc45)c3)ccc2c1. The minimum atomic E-state index is 1.22. The van der Waals surface area contributed by atoms with Gasteiger partial charge < -0.3 is 4.57 Å². The van der Waals surface area contributed by atoms with Crippen LogP contribution in [0.25, 0.3) is 70.9 Å². The predicted octanol–water partition coefficient (Wildman–Crippen LogP) is 9.91. The molecule has 0 fully saturated rings. The van der Waals surface area contributed by atoms with E-state index in [1.165, 1.54) is 70.9 Å². The largest absolute Gasteiger partial charge is 0.309 e. The molecule has 0 bridgehead atoms. The fourth-order valence-corrected chi connectivity index (χ4v) is 6.01. The van der Waals surface area contributed by atoms with Gasteiger partial charge in [-0.2, -0.15) is 0 Å². The minimum absolute atomic E-state index is 1.22. The van der Waals surface area contributed by atoms with Crippen LogP contribution in [0.5, 0.6) is 0 Å². The molecular formula is C36H23N. The van der Waals surface area contributed by atoms with Crippen LogP contribution in [0.4, 0.5) is 0 Å². The molecule has 0 spiro atoms. The quantitative estimate of drug-likeness (QED) is 0.237. The van der Waals surface area contributed by atoms with Gasteiger partial charge in [0.05, 0.1) is 16.7 Å². The van der Waals surface area contributed by atoms with Gasteiger partial charge in [-0.3, -0.25) is 0 Å². The standard InChI is InChI=1S/C36H23N/c1-2-10-26-22-27(17-16-24(26)8-1)28-18-20-31-29(23-28)19-21-35-36(31)32-13-5-6-14-34(32)37(35)33-15-7-11-25-9-3-4-12-30(25)33/h1-23H. The Hall–Kier alpha value is -4.88. The lowest BCUT2D eigenvalue weighted by Crippen LogP contribution is -1.95. The molecule has 0 radical (unpaired) electrons. The monoisotopic (exact) mass is 469 g/mol.